The second-order valence-corrected chi connectivity index (χ2v) is 3.77. The summed E-state index contributed by atoms with van der Waals surface area (Å²) < 4.78 is 26.6. The predicted octanol–water partition coefficient (Wildman–Crippen LogP) is 3.25. The molecular weight excluding hydrogens is 210 g/mol. The molecule has 0 aliphatic carbocycles. The Morgan fingerprint density at radius 1 is 1.31 bits per heavy atom. The van der Waals surface area contributed by atoms with E-state index in [2.05, 4.69) is 4.98 Å². The Balaban J connectivity index is 2.50. The molecule has 1 aromatic carbocycles. The van der Waals surface area contributed by atoms with Crippen LogP contribution in [0.15, 0.2) is 24.3 Å². The predicted molar refractivity (Wildman–Crippen MR) is 59.7 cm³/mol. The number of para-hydroxylation sites is 2. The van der Waals surface area contributed by atoms with Crippen molar-refractivity contribution < 1.29 is 8.78 Å². The van der Waals surface area contributed by atoms with Gasteiger partial charge in [0.15, 0.2) is 0 Å². The minimum absolute atomic E-state index is 0.268. The van der Waals surface area contributed by atoms with Gasteiger partial charge in [0, 0.05) is 6.42 Å². The van der Waals surface area contributed by atoms with Gasteiger partial charge in [-0.05, 0) is 18.6 Å². The molecule has 2 rings (SSSR count). The second-order valence-electron chi connectivity index (χ2n) is 3.77. The van der Waals surface area contributed by atoms with Crippen molar-refractivity contribution in [3.8, 4) is 0 Å². The van der Waals surface area contributed by atoms with Crippen LogP contribution in [0.2, 0.25) is 0 Å². The number of rotatable bonds is 4. The van der Waals surface area contributed by atoms with Gasteiger partial charge in [0.1, 0.15) is 5.82 Å². The topological polar surface area (TPSA) is 17.8 Å². The maximum atomic E-state index is 12.5. The van der Waals surface area contributed by atoms with Crippen molar-refractivity contribution in [2.75, 3.05) is 0 Å². The molecule has 0 unspecified atom stereocenters. The van der Waals surface area contributed by atoms with Crippen molar-refractivity contribution in [3.63, 3.8) is 0 Å². The second kappa shape index (κ2) is 4.60. The summed E-state index contributed by atoms with van der Waals surface area (Å²) in [7, 11) is 0. The molecule has 2 aromatic rings. The van der Waals surface area contributed by atoms with Crippen LogP contribution in [0.25, 0.3) is 11.0 Å². The first-order chi connectivity index (χ1) is 7.72. The Bertz CT molecular complexity index is 477. The van der Waals surface area contributed by atoms with Crippen molar-refractivity contribution in [1.29, 1.82) is 0 Å². The van der Waals surface area contributed by atoms with Gasteiger partial charge in [-0.1, -0.05) is 19.1 Å². The van der Waals surface area contributed by atoms with E-state index in [0.29, 0.717) is 0 Å². The molecule has 16 heavy (non-hydrogen) atoms. The molecule has 0 atom stereocenters. The van der Waals surface area contributed by atoms with Crippen LogP contribution in [0.3, 0.4) is 0 Å². The Kier molecular flexibility index (Phi) is 3.17. The van der Waals surface area contributed by atoms with E-state index in [1.165, 1.54) is 0 Å². The highest BCUT2D eigenvalue weighted by Crippen LogP contribution is 2.18. The van der Waals surface area contributed by atoms with Gasteiger partial charge in [-0.15, -0.1) is 0 Å². The van der Waals surface area contributed by atoms with Crippen molar-refractivity contribution >= 4 is 11.0 Å². The van der Waals surface area contributed by atoms with Crippen LogP contribution in [0.1, 0.15) is 19.2 Å². The van der Waals surface area contributed by atoms with E-state index >= 15 is 0 Å². The molecule has 2 nitrogen and oxygen atoms in total. The summed E-state index contributed by atoms with van der Waals surface area (Å²) >= 11 is 0. The fourth-order valence-electron chi connectivity index (χ4n) is 1.88. The molecule has 0 aliphatic heterocycles. The van der Waals surface area contributed by atoms with Crippen LogP contribution in [-0.4, -0.2) is 16.0 Å². The molecule has 0 fully saturated rings. The number of halogens is 2. The Labute approximate surface area is 92.9 Å². The first-order valence-corrected chi connectivity index (χ1v) is 5.44. The zero-order valence-corrected chi connectivity index (χ0v) is 9.16. The van der Waals surface area contributed by atoms with Crippen LogP contribution in [-0.2, 0) is 13.0 Å². The quantitative estimate of drug-likeness (QED) is 0.779. The zero-order valence-electron chi connectivity index (χ0n) is 9.16. The number of hydrogen-bond acceptors (Lipinski definition) is 1. The summed E-state index contributed by atoms with van der Waals surface area (Å²) in [6.07, 6.45) is -0.693. The monoisotopic (exact) mass is 224 g/mol. The molecular formula is C12H14F2N2. The lowest BCUT2D eigenvalue weighted by atomic mass is 10.3. The number of aryl methyl sites for hydroxylation is 1. The van der Waals surface area contributed by atoms with E-state index < -0.39 is 6.43 Å². The number of alkyl halides is 2. The smallest absolute Gasteiger partial charge is 0.256 e. The average Bonchev–Trinajstić information content (AvgIpc) is 2.57. The largest absolute Gasteiger partial charge is 0.322 e. The van der Waals surface area contributed by atoms with Gasteiger partial charge < -0.3 is 4.57 Å². The van der Waals surface area contributed by atoms with Gasteiger partial charge in [0.2, 0.25) is 0 Å². The number of imidazole rings is 1. The lowest BCUT2D eigenvalue weighted by molar-refractivity contribution is 0.127. The summed E-state index contributed by atoms with van der Waals surface area (Å²) in [5.74, 6) is 0.754. The van der Waals surface area contributed by atoms with E-state index in [9.17, 15) is 8.78 Å². The minimum atomic E-state index is -2.34. The van der Waals surface area contributed by atoms with Crippen molar-refractivity contribution in [3.05, 3.63) is 30.1 Å². The fraction of sp³-hybridized carbons (Fsp3) is 0.417. The van der Waals surface area contributed by atoms with E-state index in [0.717, 1.165) is 29.7 Å². The molecule has 0 N–H and O–H groups in total. The third-order valence-corrected chi connectivity index (χ3v) is 2.53. The first kappa shape index (κ1) is 11.0. The number of hydrogen-bond donors (Lipinski definition) is 0. The molecule has 86 valence electrons. The lowest BCUT2D eigenvalue weighted by Crippen LogP contribution is -2.10. The van der Waals surface area contributed by atoms with Gasteiger partial charge in [-0.3, -0.25) is 0 Å². The minimum Gasteiger partial charge on any atom is -0.322 e. The molecule has 0 amide bonds. The summed E-state index contributed by atoms with van der Waals surface area (Å²) in [5.41, 5.74) is 1.60. The highest BCUT2D eigenvalue weighted by atomic mass is 19.3. The molecule has 1 heterocycles. The van der Waals surface area contributed by atoms with Gasteiger partial charge in [0.25, 0.3) is 6.43 Å². The van der Waals surface area contributed by atoms with E-state index in [4.69, 9.17) is 0 Å². The molecule has 0 radical (unpaired) electrons. The van der Waals surface area contributed by atoms with Gasteiger partial charge >= 0.3 is 0 Å². The molecule has 0 saturated carbocycles. The maximum absolute atomic E-state index is 12.5. The Morgan fingerprint density at radius 3 is 2.75 bits per heavy atom. The lowest BCUT2D eigenvalue weighted by Gasteiger charge is -2.07. The first-order valence-electron chi connectivity index (χ1n) is 5.44. The number of aromatic nitrogens is 2. The molecule has 1 aromatic heterocycles. The highest BCUT2D eigenvalue weighted by molar-refractivity contribution is 5.75. The average molecular weight is 224 g/mol. The summed E-state index contributed by atoms with van der Waals surface area (Å²) in [4.78, 5) is 4.39. The number of fused-ring (bicyclic) bond motifs is 1. The molecule has 0 saturated heterocycles. The zero-order chi connectivity index (χ0) is 11.5. The van der Waals surface area contributed by atoms with Crippen LogP contribution in [0.5, 0.6) is 0 Å². The van der Waals surface area contributed by atoms with Gasteiger partial charge in [0.05, 0.1) is 17.6 Å². The molecule has 0 bridgehead atoms. The molecule has 0 aliphatic rings. The maximum Gasteiger partial charge on any atom is 0.256 e. The Morgan fingerprint density at radius 2 is 2.06 bits per heavy atom. The molecule has 4 heteroatoms. The Hall–Kier alpha value is -1.45. The third-order valence-electron chi connectivity index (χ3n) is 2.53. The van der Waals surface area contributed by atoms with Crippen molar-refractivity contribution in [2.45, 2.75) is 32.7 Å². The van der Waals surface area contributed by atoms with Crippen molar-refractivity contribution in [1.82, 2.24) is 9.55 Å². The van der Waals surface area contributed by atoms with Crippen LogP contribution in [0, 0.1) is 0 Å². The van der Waals surface area contributed by atoms with Gasteiger partial charge in [-0.2, -0.15) is 0 Å². The van der Waals surface area contributed by atoms with Crippen molar-refractivity contribution in [2.24, 2.45) is 0 Å². The number of nitrogens with zero attached hydrogens (tertiary/aromatic N) is 2. The van der Waals surface area contributed by atoms with Crippen LogP contribution in [0.4, 0.5) is 8.78 Å². The van der Waals surface area contributed by atoms with Crippen LogP contribution < -0.4 is 0 Å². The van der Waals surface area contributed by atoms with E-state index in [1.54, 1.807) is 4.57 Å². The van der Waals surface area contributed by atoms with E-state index in [-0.39, 0.29) is 6.54 Å². The molecule has 0 spiro atoms. The number of benzene rings is 1. The van der Waals surface area contributed by atoms with E-state index in [1.807, 2.05) is 31.2 Å². The SMILES string of the molecule is CCCc1nc2ccccc2n1CC(F)F. The summed E-state index contributed by atoms with van der Waals surface area (Å²) in [5, 5.41) is 0. The fourth-order valence-corrected chi connectivity index (χ4v) is 1.88. The van der Waals surface area contributed by atoms with Gasteiger partial charge in [-0.25, -0.2) is 13.8 Å². The highest BCUT2D eigenvalue weighted by Gasteiger charge is 2.13. The standard InChI is InChI=1S/C12H14F2N2/c1-2-5-12-15-9-6-3-4-7-10(9)16(12)8-11(13)14/h3-4,6-7,11H,2,5,8H2,1H3. The normalized spacial score (nSPS) is 11.5. The third kappa shape index (κ3) is 2.05. The summed E-state index contributed by atoms with van der Waals surface area (Å²) in [6, 6.07) is 7.42. The summed E-state index contributed by atoms with van der Waals surface area (Å²) in [6.45, 7) is 1.75. The van der Waals surface area contributed by atoms with Crippen LogP contribution >= 0.6 is 0 Å².